The zero-order chi connectivity index (χ0) is 12.9. The van der Waals surface area contributed by atoms with E-state index in [-0.39, 0.29) is 7.12 Å². The standard InChI is InChI=1S/C14H16BNO2/c1-9-6-5-7-12-11(9)8-13(16-12)15-17-10(2)14(3,4)18-15/h5-8,16H,2H2,1,3-4H3. The Bertz CT molecular complexity index is 630. The summed E-state index contributed by atoms with van der Waals surface area (Å²) in [6, 6.07) is 8.28. The largest absolute Gasteiger partial charge is 0.580 e. The highest BCUT2D eigenvalue weighted by atomic mass is 16.7. The average molecular weight is 241 g/mol. The number of nitrogens with one attached hydrogen (secondary N) is 1. The summed E-state index contributed by atoms with van der Waals surface area (Å²) in [6.45, 7) is 9.91. The number of fused-ring (bicyclic) bond motifs is 1. The molecule has 1 saturated heterocycles. The van der Waals surface area contributed by atoms with Gasteiger partial charge in [-0.2, -0.15) is 0 Å². The second-order valence-corrected chi connectivity index (χ2v) is 5.26. The maximum absolute atomic E-state index is 5.86. The predicted octanol–water partition coefficient (Wildman–Crippen LogP) is 2.51. The van der Waals surface area contributed by atoms with Crippen molar-refractivity contribution in [1.82, 2.24) is 4.98 Å². The Balaban J connectivity index is 2.01. The third-order valence-corrected chi connectivity index (χ3v) is 3.48. The first kappa shape index (κ1) is 11.4. The number of benzene rings is 1. The molecule has 0 aliphatic carbocycles. The highest BCUT2D eigenvalue weighted by Gasteiger charge is 2.43. The fraction of sp³-hybridized carbons (Fsp3) is 0.286. The minimum Gasteiger partial charge on any atom is -0.533 e. The molecule has 1 N–H and O–H groups in total. The van der Waals surface area contributed by atoms with Crippen molar-refractivity contribution in [2.24, 2.45) is 0 Å². The molecule has 0 amide bonds. The maximum Gasteiger partial charge on any atom is 0.580 e. The lowest BCUT2D eigenvalue weighted by Crippen LogP contribution is -2.35. The van der Waals surface area contributed by atoms with Crippen LogP contribution in [-0.2, 0) is 9.31 Å². The average Bonchev–Trinajstić information content (AvgIpc) is 2.82. The van der Waals surface area contributed by atoms with E-state index in [4.69, 9.17) is 9.31 Å². The van der Waals surface area contributed by atoms with Gasteiger partial charge in [0.1, 0.15) is 5.60 Å². The number of aromatic nitrogens is 1. The van der Waals surface area contributed by atoms with Crippen molar-refractivity contribution in [1.29, 1.82) is 0 Å². The molecule has 0 bridgehead atoms. The molecule has 3 rings (SSSR count). The van der Waals surface area contributed by atoms with Gasteiger partial charge < -0.3 is 14.3 Å². The van der Waals surface area contributed by atoms with Gasteiger partial charge in [-0.15, -0.1) is 0 Å². The van der Waals surface area contributed by atoms with Gasteiger partial charge in [0.25, 0.3) is 0 Å². The van der Waals surface area contributed by atoms with Crippen LogP contribution in [0.1, 0.15) is 19.4 Å². The summed E-state index contributed by atoms with van der Waals surface area (Å²) >= 11 is 0. The second kappa shape index (κ2) is 3.66. The first-order valence-electron chi connectivity index (χ1n) is 6.09. The van der Waals surface area contributed by atoms with Crippen LogP contribution in [0.2, 0.25) is 0 Å². The third-order valence-electron chi connectivity index (χ3n) is 3.48. The Kier molecular flexibility index (Phi) is 2.32. The quantitative estimate of drug-likeness (QED) is 0.778. The molecule has 3 nitrogen and oxygen atoms in total. The SMILES string of the molecule is C=C1OB(c2cc3c(C)cccc3[nH]2)OC1(C)C. The van der Waals surface area contributed by atoms with Gasteiger partial charge in [0.2, 0.25) is 0 Å². The molecule has 4 heteroatoms. The third kappa shape index (κ3) is 1.64. The van der Waals surface area contributed by atoms with Crippen molar-refractivity contribution >= 4 is 23.6 Å². The molecular weight excluding hydrogens is 225 g/mol. The number of rotatable bonds is 1. The van der Waals surface area contributed by atoms with Gasteiger partial charge in [-0.1, -0.05) is 18.7 Å². The van der Waals surface area contributed by atoms with Crippen LogP contribution >= 0.6 is 0 Å². The van der Waals surface area contributed by atoms with Gasteiger partial charge in [0.05, 0.1) is 11.4 Å². The van der Waals surface area contributed by atoms with Gasteiger partial charge in [-0.25, -0.2) is 0 Å². The Hall–Kier alpha value is -1.68. The van der Waals surface area contributed by atoms with Crippen LogP contribution in [0.25, 0.3) is 10.9 Å². The van der Waals surface area contributed by atoms with E-state index >= 15 is 0 Å². The summed E-state index contributed by atoms with van der Waals surface area (Å²) < 4.78 is 11.5. The normalized spacial score (nSPS) is 18.4. The van der Waals surface area contributed by atoms with Crippen molar-refractivity contribution in [3.05, 3.63) is 42.2 Å². The molecule has 92 valence electrons. The van der Waals surface area contributed by atoms with E-state index in [9.17, 15) is 0 Å². The smallest absolute Gasteiger partial charge is 0.533 e. The highest BCUT2D eigenvalue weighted by molar-refractivity contribution is 6.62. The summed E-state index contributed by atoms with van der Waals surface area (Å²) in [6.07, 6.45) is 0. The second-order valence-electron chi connectivity index (χ2n) is 5.26. The van der Waals surface area contributed by atoms with E-state index in [2.05, 4.69) is 36.7 Å². The molecule has 18 heavy (non-hydrogen) atoms. The fourth-order valence-corrected chi connectivity index (χ4v) is 2.21. The molecule has 1 aliphatic rings. The van der Waals surface area contributed by atoms with Crippen LogP contribution in [0.15, 0.2) is 36.6 Å². The van der Waals surface area contributed by atoms with Gasteiger partial charge in [-0.05, 0) is 38.5 Å². The fourth-order valence-electron chi connectivity index (χ4n) is 2.21. The van der Waals surface area contributed by atoms with E-state index in [1.165, 1.54) is 10.9 Å². The molecular formula is C14H16BNO2. The van der Waals surface area contributed by atoms with Gasteiger partial charge in [0.15, 0.2) is 0 Å². The first-order valence-corrected chi connectivity index (χ1v) is 6.09. The molecule has 1 fully saturated rings. The zero-order valence-corrected chi connectivity index (χ0v) is 10.9. The van der Waals surface area contributed by atoms with Gasteiger partial charge in [0, 0.05) is 10.9 Å². The van der Waals surface area contributed by atoms with Gasteiger partial charge in [-0.3, -0.25) is 0 Å². The van der Waals surface area contributed by atoms with Crippen LogP contribution < -0.4 is 5.59 Å². The Morgan fingerprint density at radius 2 is 2.11 bits per heavy atom. The molecule has 0 unspecified atom stereocenters. The number of H-pyrrole nitrogens is 1. The van der Waals surface area contributed by atoms with Crippen molar-refractivity contribution in [3.63, 3.8) is 0 Å². The van der Waals surface area contributed by atoms with Crippen molar-refractivity contribution < 1.29 is 9.31 Å². The van der Waals surface area contributed by atoms with E-state index in [1.54, 1.807) is 0 Å². The topological polar surface area (TPSA) is 34.2 Å². The van der Waals surface area contributed by atoms with Gasteiger partial charge >= 0.3 is 7.12 Å². The monoisotopic (exact) mass is 241 g/mol. The maximum atomic E-state index is 5.86. The van der Waals surface area contributed by atoms with Crippen molar-refractivity contribution in [3.8, 4) is 0 Å². The van der Waals surface area contributed by atoms with Crippen molar-refractivity contribution in [2.75, 3.05) is 0 Å². The van der Waals surface area contributed by atoms with E-state index in [0.717, 1.165) is 11.1 Å². The molecule has 0 saturated carbocycles. The molecule has 0 atom stereocenters. The molecule has 2 aromatic rings. The number of hydrogen-bond acceptors (Lipinski definition) is 2. The molecule has 1 aliphatic heterocycles. The highest BCUT2D eigenvalue weighted by Crippen LogP contribution is 2.29. The molecule has 0 spiro atoms. The molecule has 1 aromatic carbocycles. The number of aromatic amines is 1. The lowest BCUT2D eigenvalue weighted by Gasteiger charge is -2.15. The van der Waals surface area contributed by atoms with Crippen LogP contribution in [-0.4, -0.2) is 17.7 Å². The number of hydrogen-bond donors (Lipinski definition) is 1. The Morgan fingerprint density at radius 3 is 2.72 bits per heavy atom. The summed E-state index contributed by atoms with van der Waals surface area (Å²) in [4.78, 5) is 3.35. The summed E-state index contributed by atoms with van der Waals surface area (Å²) in [7, 11) is -0.390. The minimum atomic E-state index is -0.434. The van der Waals surface area contributed by atoms with Crippen LogP contribution in [0.5, 0.6) is 0 Å². The van der Waals surface area contributed by atoms with Crippen LogP contribution in [0, 0.1) is 6.92 Å². The van der Waals surface area contributed by atoms with Crippen LogP contribution in [0.3, 0.4) is 0 Å². The van der Waals surface area contributed by atoms with E-state index in [0.29, 0.717) is 5.76 Å². The first-order chi connectivity index (χ1) is 8.47. The summed E-state index contributed by atoms with van der Waals surface area (Å²) in [5.74, 6) is 0.669. The molecule has 0 radical (unpaired) electrons. The van der Waals surface area contributed by atoms with Crippen molar-refractivity contribution in [2.45, 2.75) is 26.4 Å². The van der Waals surface area contributed by atoms with E-state index in [1.807, 2.05) is 19.9 Å². The lowest BCUT2D eigenvalue weighted by molar-refractivity contribution is 0.173. The molecule has 2 heterocycles. The number of aryl methyl sites for hydroxylation is 1. The van der Waals surface area contributed by atoms with E-state index < -0.39 is 5.60 Å². The summed E-state index contributed by atoms with van der Waals surface area (Å²) in [5.41, 5.74) is 2.85. The minimum absolute atomic E-state index is 0.390. The van der Waals surface area contributed by atoms with Crippen LogP contribution in [0.4, 0.5) is 0 Å². The zero-order valence-electron chi connectivity index (χ0n) is 10.9. The molecule has 1 aromatic heterocycles. The summed E-state index contributed by atoms with van der Waals surface area (Å²) in [5, 5.41) is 1.20. The Morgan fingerprint density at radius 1 is 1.33 bits per heavy atom. The lowest BCUT2D eigenvalue weighted by atomic mass is 9.85. The predicted molar refractivity (Wildman–Crippen MR) is 73.8 cm³/mol. The Labute approximate surface area is 107 Å².